The van der Waals surface area contributed by atoms with Gasteiger partial charge in [-0.2, -0.15) is 4.98 Å². The van der Waals surface area contributed by atoms with Crippen molar-refractivity contribution in [2.45, 2.75) is 58.5 Å². The molecule has 3 heterocycles. The molecule has 0 radical (unpaired) electrons. The molecular formula is C17H29N5O2. The molecule has 2 aliphatic rings. The fraction of sp³-hybridized carbons (Fsp3) is 0.824. The second-order valence-corrected chi connectivity index (χ2v) is 6.77. The number of likely N-dealkylation sites (tertiary alicyclic amines) is 1. The molecule has 0 N–H and O–H groups in total. The molecule has 0 spiro atoms. The molecule has 134 valence electrons. The summed E-state index contributed by atoms with van der Waals surface area (Å²) in [6.07, 6.45) is 5.16. The Balaban J connectivity index is 1.45. The van der Waals surface area contributed by atoms with Gasteiger partial charge in [-0.25, -0.2) is 4.79 Å². The molecule has 1 aromatic heterocycles. The number of piperidine rings is 1. The number of rotatable bonds is 7. The van der Waals surface area contributed by atoms with Gasteiger partial charge in [0.05, 0.1) is 6.54 Å². The van der Waals surface area contributed by atoms with E-state index >= 15 is 0 Å². The lowest BCUT2D eigenvalue weighted by Gasteiger charge is -2.36. The molecule has 7 nitrogen and oxygen atoms in total. The molecule has 2 fully saturated rings. The average Bonchev–Trinajstić information content (AvgIpc) is 3.20. The van der Waals surface area contributed by atoms with Crippen LogP contribution in [0.25, 0.3) is 0 Å². The van der Waals surface area contributed by atoms with Gasteiger partial charge in [-0.3, -0.25) is 4.90 Å². The summed E-state index contributed by atoms with van der Waals surface area (Å²) in [6, 6.07) is 0.602. The molecular weight excluding hydrogens is 306 g/mol. The smallest absolute Gasteiger partial charge is 0.320 e. The number of carbonyl (C=O) groups is 1. The standard InChI is InChI=1S/C17H29N5O2/c1-3-5-6-16-18-15(19-24-16)13-20-9-7-14(8-10-20)22-12-11-21(4-2)17(22)23/h14H,3-13H2,1-2H3. The number of unbranched alkanes of at least 4 members (excludes halogenated alkanes) is 1. The van der Waals surface area contributed by atoms with E-state index < -0.39 is 0 Å². The van der Waals surface area contributed by atoms with Gasteiger partial charge in [-0.05, 0) is 26.2 Å². The van der Waals surface area contributed by atoms with Crippen LogP contribution in [0.4, 0.5) is 4.79 Å². The molecule has 0 aliphatic carbocycles. The van der Waals surface area contributed by atoms with Crippen LogP contribution >= 0.6 is 0 Å². The predicted molar refractivity (Wildman–Crippen MR) is 90.6 cm³/mol. The second kappa shape index (κ2) is 7.96. The maximum absolute atomic E-state index is 12.3. The van der Waals surface area contributed by atoms with Crippen LogP contribution in [0, 0.1) is 0 Å². The summed E-state index contributed by atoms with van der Waals surface area (Å²) < 4.78 is 5.30. The molecule has 2 amide bonds. The minimum absolute atomic E-state index is 0.217. The van der Waals surface area contributed by atoms with Crippen LogP contribution in [0.5, 0.6) is 0 Å². The largest absolute Gasteiger partial charge is 0.339 e. The molecule has 0 atom stereocenters. The van der Waals surface area contributed by atoms with E-state index in [1.54, 1.807) is 0 Å². The van der Waals surface area contributed by atoms with Gasteiger partial charge < -0.3 is 14.3 Å². The summed E-state index contributed by atoms with van der Waals surface area (Å²) in [6.45, 7) is 9.49. The predicted octanol–water partition coefficient (Wildman–Crippen LogP) is 2.13. The first-order chi connectivity index (χ1) is 11.7. The molecule has 1 aromatic rings. The summed E-state index contributed by atoms with van der Waals surface area (Å²) in [5.74, 6) is 1.54. The van der Waals surface area contributed by atoms with Gasteiger partial charge in [0.25, 0.3) is 0 Å². The number of likely N-dealkylation sites (N-methyl/N-ethyl adjacent to an activating group) is 1. The third-order valence-electron chi connectivity index (χ3n) is 5.13. The number of aromatic nitrogens is 2. The summed E-state index contributed by atoms with van der Waals surface area (Å²) in [5, 5.41) is 4.09. The van der Waals surface area contributed by atoms with Crippen LogP contribution in [0.3, 0.4) is 0 Å². The van der Waals surface area contributed by atoms with E-state index in [2.05, 4.69) is 26.9 Å². The lowest BCUT2D eigenvalue weighted by atomic mass is 10.0. The third-order valence-corrected chi connectivity index (χ3v) is 5.13. The van der Waals surface area contributed by atoms with Gasteiger partial charge >= 0.3 is 6.03 Å². The van der Waals surface area contributed by atoms with E-state index in [-0.39, 0.29) is 6.03 Å². The Bertz CT molecular complexity index is 539. The molecule has 0 bridgehead atoms. The number of hydrogen-bond acceptors (Lipinski definition) is 5. The third kappa shape index (κ3) is 3.88. The van der Waals surface area contributed by atoms with Crippen molar-refractivity contribution >= 4 is 6.03 Å². The van der Waals surface area contributed by atoms with Crippen LogP contribution in [0.15, 0.2) is 4.52 Å². The molecule has 24 heavy (non-hydrogen) atoms. The Morgan fingerprint density at radius 1 is 1.17 bits per heavy atom. The average molecular weight is 335 g/mol. The molecule has 3 rings (SSSR count). The van der Waals surface area contributed by atoms with Gasteiger partial charge in [-0.1, -0.05) is 18.5 Å². The van der Waals surface area contributed by atoms with E-state index in [1.807, 2.05) is 11.8 Å². The maximum atomic E-state index is 12.3. The van der Waals surface area contributed by atoms with E-state index in [0.29, 0.717) is 6.04 Å². The van der Waals surface area contributed by atoms with Gasteiger partial charge in [0.2, 0.25) is 5.89 Å². The summed E-state index contributed by atoms with van der Waals surface area (Å²) >= 11 is 0. The number of carbonyl (C=O) groups excluding carboxylic acids is 1. The van der Waals surface area contributed by atoms with Crippen molar-refractivity contribution < 1.29 is 9.32 Å². The minimum Gasteiger partial charge on any atom is -0.339 e. The Morgan fingerprint density at radius 3 is 2.62 bits per heavy atom. The lowest BCUT2D eigenvalue weighted by Crippen LogP contribution is -2.46. The highest BCUT2D eigenvalue weighted by molar-refractivity contribution is 5.76. The van der Waals surface area contributed by atoms with E-state index in [4.69, 9.17) is 4.52 Å². The van der Waals surface area contributed by atoms with Crippen molar-refractivity contribution in [1.29, 1.82) is 0 Å². The van der Waals surface area contributed by atoms with Crippen LogP contribution < -0.4 is 0 Å². The van der Waals surface area contributed by atoms with E-state index in [1.165, 1.54) is 0 Å². The minimum atomic E-state index is 0.217. The summed E-state index contributed by atoms with van der Waals surface area (Å²) in [7, 11) is 0. The monoisotopic (exact) mass is 335 g/mol. The number of aryl methyl sites for hydroxylation is 1. The van der Waals surface area contributed by atoms with Gasteiger partial charge in [0, 0.05) is 45.2 Å². The van der Waals surface area contributed by atoms with Crippen LogP contribution in [-0.4, -0.2) is 69.6 Å². The van der Waals surface area contributed by atoms with Crippen molar-refractivity contribution in [2.24, 2.45) is 0 Å². The zero-order chi connectivity index (χ0) is 16.9. The summed E-state index contributed by atoms with van der Waals surface area (Å²) in [4.78, 5) is 23.1. The van der Waals surface area contributed by atoms with Crippen molar-refractivity contribution in [3.05, 3.63) is 11.7 Å². The van der Waals surface area contributed by atoms with E-state index in [9.17, 15) is 4.79 Å². The Kier molecular flexibility index (Phi) is 5.71. The van der Waals surface area contributed by atoms with Gasteiger partial charge in [-0.15, -0.1) is 0 Å². The zero-order valence-electron chi connectivity index (χ0n) is 14.9. The normalized spacial score (nSPS) is 20.3. The van der Waals surface area contributed by atoms with Crippen molar-refractivity contribution in [2.75, 3.05) is 32.7 Å². The second-order valence-electron chi connectivity index (χ2n) is 6.77. The van der Waals surface area contributed by atoms with Crippen LogP contribution in [0.1, 0.15) is 51.2 Å². The lowest BCUT2D eigenvalue weighted by molar-refractivity contribution is 0.124. The first kappa shape index (κ1) is 17.2. The van der Waals surface area contributed by atoms with Crippen LogP contribution in [-0.2, 0) is 13.0 Å². The molecule has 7 heteroatoms. The number of urea groups is 1. The molecule has 2 saturated heterocycles. The highest BCUT2D eigenvalue weighted by atomic mass is 16.5. The first-order valence-corrected chi connectivity index (χ1v) is 9.30. The highest BCUT2D eigenvalue weighted by Crippen LogP contribution is 2.22. The SMILES string of the molecule is CCCCc1nc(CN2CCC(N3CCN(CC)C3=O)CC2)no1. The van der Waals surface area contributed by atoms with Crippen LogP contribution in [0.2, 0.25) is 0 Å². The Labute approximate surface area is 144 Å². The van der Waals surface area contributed by atoms with Crippen molar-refractivity contribution in [3.63, 3.8) is 0 Å². The van der Waals surface area contributed by atoms with E-state index in [0.717, 1.165) is 83.1 Å². The molecule has 0 unspecified atom stereocenters. The van der Waals surface area contributed by atoms with Crippen molar-refractivity contribution in [1.82, 2.24) is 24.8 Å². The van der Waals surface area contributed by atoms with Gasteiger partial charge in [0.15, 0.2) is 5.82 Å². The molecule has 2 aliphatic heterocycles. The topological polar surface area (TPSA) is 65.7 Å². The Morgan fingerprint density at radius 2 is 1.96 bits per heavy atom. The zero-order valence-corrected chi connectivity index (χ0v) is 14.9. The first-order valence-electron chi connectivity index (χ1n) is 9.30. The number of nitrogens with zero attached hydrogens (tertiary/aromatic N) is 5. The Hall–Kier alpha value is -1.63. The highest BCUT2D eigenvalue weighted by Gasteiger charge is 2.34. The number of amides is 2. The molecule has 0 saturated carbocycles. The summed E-state index contributed by atoms with van der Waals surface area (Å²) in [5.41, 5.74) is 0. The molecule has 0 aromatic carbocycles. The fourth-order valence-electron chi connectivity index (χ4n) is 3.61. The fourth-order valence-corrected chi connectivity index (χ4v) is 3.61. The van der Waals surface area contributed by atoms with Crippen molar-refractivity contribution in [3.8, 4) is 0 Å². The maximum Gasteiger partial charge on any atom is 0.320 e. The quantitative estimate of drug-likeness (QED) is 0.764. The van der Waals surface area contributed by atoms with Gasteiger partial charge in [0.1, 0.15) is 0 Å². The number of hydrogen-bond donors (Lipinski definition) is 0.